The first-order valence-electron chi connectivity index (χ1n) is 11.6. The summed E-state index contributed by atoms with van der Waals surface area (Å²) in [5.41, 5.74) is 1.82. The molecule has 172 valence electrons. The number of rotatable bonds is 6. The van der Waals surface area contributed by atoms with E-state index in [1.807, 2.05) is 17.9 Å². The number of aromatic nitrogens is 2. The minimum atomic E-state index is -0.435. The third-order valence-electron chi connectivity index (χ3n) is 6.35. The number of carbonyl (C=O) groups is 1. The lowest BCUT2D eigenvalue weighted by Gasteiger charge is -2.35. The maximum atomic E-state index is 13.3. The maximum absolute atomic E-state index is 13.3. The average Bonchev–Trinajstić information content (AvgIpc) is 2.80. The number of carbonyl (C=O) groups excluding carboxylic acids is 1. The molecule has 1 N–H and O–H groups in total. The summed E-state index contributed by atoms with van der Waals surface area (Å²) in [5, 5.41) is 3.62. The van der Waals surface area contributed by atoms with Crippen LogP contribution in [0.3, 0.4) is 0 Å². The number of benzene rings is 1. The topological polar surface area (TPSA) is 61.4 Å². The second-order valence-corrected chi connectivity index (χ2v) is 9.19. The molecule has 1 aromatic heterocycles. The molecule has 2 aromatic rings. The first-order chi connectivity index (χ1) is 15.5. The number of hydrogen-bond donors (Lipinski definition) is 1. The Morgan fingerprint density at radius 3 is 2.59 bits per heavy atom. The lowest BCUT2D eigenvalue weighted by Crippen LogP contribution is -2.49. The van der Waals surface area contributed by atoms with Crippen molar-refractivity contribution in [1.82, 2.24) is 14.9 Å². The number of piperazine rings is 1. The van der Waals surface area contributed by atoms with Crippen molar-refractivity contribution in [2.45, 2.75) is 57.9 Å². The van der Waals surface area contributed by atoms with Crippen molar-refractivity contribution in [3.63, 3.8) is 0 Å². The zero-order chi connectivity index (χ0) is 22.5. The molecule has 0 spiro atoms. The minimum absolute atomic E-state index is 0.0982. The van der Waals surface area contributed by atoms with E-state index in [0.717, 1.165) is 30.2 Å². The van der Waals surface area contributed by atoms with Gasteiger partial charge in [0.2, 0.25) is 11.9 Å². The second-order valence-electron chi connectivity index (χ2n) is 8.79. The van der Waals surface area contributed by atoms with Gasteiger partial charge in [0.05, 0.1) is 5.02 Å². The lowest BCUT2D eigenvalue weighted by atomic mass is 9.96. The fourth-order valence-corrected chi connectivity index (χ4v) is 4.70. The Morgan fingerprint density at radius 1 is 1.12 bits per heavy atom. The predicted octanol–water partition coefficient (Wildman–Crippen LogP) is 4.60. The Balaban J connectivity index is 1.30. The van der Waals surface area contributed by atoms with Gasteiger partial charge in [-0.05, 0) is 43.9 Å². The quantitative estimate of drug-likeness (QED) is 0.683. The van der Waals surface area contributed by atoms with Crippen LogP contribution in [0.4, 0.5) is 16.2 Å². The van der Waals surface area contributed by atoms with E-state index in [1.54, 1.807) is 12.1 Å². The summed E-state index contributed by atoms with van der Waals surface area (Å²) in [6.07, 6.45) is 7.15. The van der Waals surface area contributed by atoms with Crippen LogP contribution >= 0.6 is 11.6 Å². The fourth-order valence-electron chi connectivity index (χ4n) is 4.50. The summed E-state index contributed by atoms with van der Waals surface area (Å²) < 4.78 is 13.3. The number of amides is 1. The molecule has 6 nitrogen and oxygen atoms in total. The molecule has 0 unspecified atom stereocenters. The van der Waals surface area contributed by atoms with Crippen LogP contribution in [-0.2, 0) is 11.2 Å². The fraction of sp³-hybridized carbons (Fsp3) is 0.542. The van der Waals surface area contributed by atoms with E-state index in [-0.39, 0.29) is 10.9 Å². The standard InChI is InChI=1S/C24H31ClFN5O/c1-17-15-22(29-24(27-17)28-19-5-3-2-4-6-19)30-11-13-31(14-12-30)23(32)10-8-18-7-9-21(26)20(25)16-18/h7,9,15-16,19H,2-6,8,10-14H2,1H3,(H,27,28,29). The summed E-state index contributed by atoms with van der Waals surface area (Å²) in [6, 6.07) is 7.11. The number of nitrogens with one attached hydrogen (secondary N) is 1. The highest BCUT2D eigenvalue weighted by molar-refractivity contribution is 6.30. The number of nitrogens with zero attached hydrogens (tertiary/aromatic N) is 4. The van der Waals surface area contributed by atoms with Gasteiger partial charge in [-0.2, -0.15) is 4.98 Å². The minimum Gasteiger partial charge on any atom is -0.353 e. The van der Waals surface area contributed by atoms with Gasteiger partial charge in [-0.1, -0.05) is 36.9 Å². The summed E-state index contributed by atoms with van der Waals surface area (Å²) in [5.74, 6) is 1.31. The molecular weight excluding hydrogens is 429 g/mol. The maximum Gasteiger partial charge on any atom is 0.225 e. The summed E-state index contributed by atoms with van der Waals surface area (Å²) in [7, 11) is 0. The zero-order valence-corrected chi connectivity index (χ0v) is 19.4. The molecule has 1 aromatic carbocycles. The molecule has 0 radical (unpaired) electrons. The lowest BCUT2D eigenvalue weighted by molar-refractivity contribution is -0.131. The van der Waals surface area contributed by atoms with E-state index in [0.29, 0.717) is 37.9 Å². The Hall–Kier alpha value is -2.41. The van der Waals surface area contributed by atoms with Gasteiger partial charge in [-0.15, -0.1) is 0 Å². The van der Waals surface area contributed by atoms with E-state index in [4.69, 9.17) is 16.6 Å². The van der Waals surface area contributed by atoms with Crippen molar-refractivity contribution >= 4 is 29.3 Å². The van der Waals surface area contributed by atoms with Gasteiger partial charge >= 0.3 is 0 Å². The molecule has 1 saturated carbocycles. The van der Waals surface area contributed by atoms with Crippen molar-refractivity contribution in [3.8, 4) is 0 Å². The number of hydrogen-bond acceptors (Lipinski definition) is 5. The van der Waals surface area contributed by atoms with Gasteiger partial charge in [0.25, 0.3) is 0 Å². The van der Waals surface area contributed by atoms with E-state index >= 15 is 0 Å². The molecule has 1 aliphatic carbocycles. The number of halogens is 2. The Bertz CT molecular complexity index is 942. The predicted molar refractivity (Wildman–Crippen MR) is 126 cm³/mol. The molecule has 1 aliphatic heterocycles. The molecular formula is C24H31ClFN5O. The molecule has 0 bridgehead atoms. The van der Waals surface area contributed by atoms with Crippen molar-refractivity contribution in [3.05, 3.63) is 46.4 Å². The molecule has 1 saturated heterocycles. The first kappa shape index (κ1) is 22.8. The average molecular weight is 460 g/mol. The molecule has 1 amide bonds. The Labute approximate surface area is 194 Å². The first-order valence-corrected chi connectivity index (χ1v) is 11.9. The van der Waals surface area contributed by atoms with Crippen molar-refractivity contribution in [2.24, 2.45) is 0 Å². The van der Waals surface area contributed by atoms with E-state index in [1.165, 1.54) is 38.2 Å². The molecule has 2 aliphatic rings. The van der Waals surface area contributed by atoms with Gasteiger partial charge in [-0.25, -0.2) is 9.37 Å². The van der Waals surface area contributed by atoms with Gasteiger partial charge in [0.15, 0.2) is 0 Å². The Kier molecular flexibility index (Phi) is 7.45. The van der Waals surface area contributed by atoms with Crippen LogP contribution in [-0.4, -0.2) is 53.0 Å². The third kappa shape index (κ3) is 5.88. The largest absolute Gasteiger partial charge is 0.353 e. The van der Waals surface area contributed by atoms with Crippen LogP contribution < -0.4 is 10.2 Å². The van der Waals surface area contributed by atoms with Gasteiger partial charge in [0.1, 0.15) is 11.6 Å². The molecule has 4 rings (SSSR count). The third-order valence-corrected chi connectivity index (χ3v) is 6.64. The highest BCUT2D eigenvalue weighted by atomic mass is 35.5. The van der Waals surface area contributed by atoms with Gasteiger partial charge < -0.3 is 15.1 Å². The van der Waals surface area contributed by atoms with E-state index in [9.17, 15) is 9.18 Å². The van der Waals surface area contributed by atoms with Crippen LogP contribution in [0.2, 0.25) is 5.02 Å². The van der Waals surface area contributed by atoms with Crippen molar-refractivity contribution in [1.29, 1.82) is 0 Å². The Morgan fingerprint density at radius 2 is 1.88 bits per heavy atom. The SMILES string of the molecule is Cc1cc(N2CCN(C(=O)CCc3ccc(F)c(Cl)c3)CC2)nc(NC2CCCCC2)n1. The monoisotopic (exact) mass is 459 g/mol. The van der Waals surface area contributed by atoms with Crippen LogP contribution in [0.25, 0.3) is 0 Å². The number of anilines is 2. The number of aryl methyl sites for hydroxylation is 2. The molecule has 2 fully saturated rings. The smallest absolute Gasteiger partial charge is 0.225 e. The van der Waals surface area contributed by atoms with Crippen LogP contribution in [0.5, 0.6) is 0 Å². The second kappa shape index (κ2) is 10.5. The summed E-state index contributed by atoms with van der Waals surface area (Å²) in [6.45, 7) is 4.81. The van der Waals surface area contributed by atoms with Crippen LogP contribution in [0, 0.1) is 12.7 Å². The van der Waals surface area contributed by atoms with Crippen molar-refractivity contribution < 1.29 is 9.18 Å². The molecule has 8 heteroatoms. The normalized spacial score (nSPS) is 17.5. The van der Waals surface area contributed by atoms with E-state index in [2.05, 4.69) is 15.2 Å². The van der Waals surface area contributed by atoms with Gasteiger partial charge in [0, 0.05) is 50.4 Å². The molecule has 32 heavy (non-hydrogen) atoms. The zero-order valence-electron chi connectivity index (χ0n) is 18.6. The van der Waals surface area contributed by atoms with Crippen molar-refractivity contribution in [2.75, 3.05) is 36.4 Å². The summed E-state index contributed by atoms with van der Waals surface area (Å²) in [4.78, 5) is 26.1. The van der Waals surface area contributed by atoms with E-state index < -0.39 is 5.82 Å². The highest BCUT2D eigenvalue weighted by Crippen LogP contribution is 2.23. The summed E-state index contributed by atoms with van der Waals surface area (Å²) >= 11 is 5.84. The van der Waals surface area contributed by atoms with Gasteiger partial charge in [-0.3, -0.25) is 4.79 Å². The molecule has 0 atom stereocenters. The molecule has 2 heterocycles. The van der Waals surface area contributed by atoms with Crippen LogP contribution in [0.15, 0.2) is 24.3 Å². The highest BCUT2D eigenvalue weighted by Gasteiger charge is 2.23. The van der Waals surface area contributed by atoms with Crippen LogP contribution in [0.1, 0.15) is 49.8 Å².